The highest BCUT2D eigenvalue weighted by Crippen LogP contribution is 2.35. The summed E-state index contributed by atoms with van der Waals surface area (Å²) in [4.78, 5) is 39.2. The maximum Gasteiger partial charge on any atom is 0.418 e. The van der Waals surface area contributed by atoms with Gasteiger partial charge in [0, 0.05) is 17.9 Å². The summed E-state index contributed by atoms with van der Waals surface area (Å²) in [6.07, 6.45) is -3.92. The predicted molar refractivity (Wildman–Crippen MR) is 128 cm³/mol. The smallest absolute Gasteiger partial charge is 0.418 e. The van der Waals surface area contributed by atoms with Crippen molar-refractivity contribution in [1.29, 1.82) is 0 Å². The number of para-hydroxylation sites is 1. The van der Waals surface area contributed by atoms with Gasteiger partial charge in [-0.3, -0.25) is 4.90 Å². The lowest BCUT2D eigenvalue weighted by atomic mass is 9.94. The summed E-state index contributed by atoms with van der Waals surface area (Å²) in [5.41, 5.74) is 0.319. The van der Waals surface area contributed by atoms with Crippen molar-refractivity contribution in [3.63, 3.8) is 0 Å². The molecule has 0 fully saturated rings. The lowest BCUT2D eigenvalue weighted by Crippen LogP contribution is -2.48. The zero-order valence-electron chi connectivity index (χ0n) is 20.0. The Labute approximate surface area is 206 Å². The molecule has 1 aliphatic rings. The Hall–Kier alpha value is -4.02. The lowest BCUT2D eigenvalue weighted by Gasteiger charge is -2.35. The van der Waals surface area contributed by atoms with Crippen LogP contribution in [0.3, 0.4) is 0 Å². The molecule has 0 spiro atoms. The Balaban J connectivity index is 1.80. The number of rotatable bonds is 7. The minimum absolute atomic E-state index is 0.166. The second kappa shape index (κ2) is 11.1. The zero-order valence-corrected chi connectivity index (χ0v) is 20.0. The quantitative estimate of drug-likeness (QED) is 0.424. The molecule has 3 rings (SSSR count). The van der Waals surface area contributed by atoms with Crippen LogP contribution in [0.2, 0.25) is 0 Å². The van der Waals surface area contributed by atoms with Crippen molar-refractivity contribution in [2.24, 2.45) is 0 Å². The number of nitrogens with one attached hydrogen (secondary N) is 3. The standard InChI is InChI=1S/C25H27F3N4O4/c1-4-14-32-15(3)20(22(33)36-5-2)21(31-24(32)35)16-10-12-17(13-11-16)29-23(34)30-19-9-7-6-8-18(19)25(26,27)28/h6-13,21H,4-5,14H2,1-3H3,(H,31,35)(H2,29,30,34). The van der Waals surface area contributed by atoms with E-state index < -0.39 is 29.8 Å². The van der Waals surface area contributed by atoms with Gasteiger partial charge in [-0.1, -0.05) is 31.2 Å². The molecule has 0 radical (unpaired) electrons. The van der Waals surface area contributed by atoms with Gasteiger partial charge in [-0.25, -0.2) is 14.4 Å². The van der Waals surface area contributed by atoms with E-state index in [0.29, 0.717) is 35.5 Å². The Morgan fingerprint density at radius 3 is 2.33 bits per heavy atom. The van der Waals surface area contributed by atoms with Crippen LogP contribution < -0.4 is 16.0 Å². The summed E-state index contributed by atoms with van der Waals surface area (Å²) in [5, 5.41) is 7.51. The molecular weight excluding hydrogens is 477 g/mol. The number of allylic oxidation sites excluding steroid dienone is 1. The fourth-order valence-electron chi connectivity index (χ4n) is 3.88. The third-order valence-electron chi connectivity index (χ3n) is 5.52. The number of alkyl halides is 3. The minimum atomic E-state index is -4.62. The lowest BCUT2D eigenvalue weighted by molar-refractivity contribution is -0.139. The number of esters is 1. The molecule has 0 aromatic heterocycles. The van der Waals surface area contributed by atoms with Gasteiger partial charge >= 0.3 is 24.2 Å². The van der Waals surface area contributed by atoms with Crippen LogP contribution in [0, 0.1) is 0 Å². The minimum Gasteiger partial charge on any atom is -0.463 e. The fraction of sp³-hybridized carbons (Fsp3) is 0.320. The number of ether oxygens (including phenoxy) is 1. The van der Waals surface area contributed by atoms with Crippen molar-refractivity contribution in [2.75, 3.05) is 23.8 Å². The number of carbonyl (C=O) groups excluding carboxylic acids is 3. The molecule has 2 aromatic rings. The van der Waals surface area contributed by atoms with Crippen LogP contribution in [0.15, 0.2) is 59.8 Å². The van der Waals surface area contributed by atoms with Gasteiger partial charge in [0.25, 0.3) is 0 Å². The summed E-state index contributed by atoms with van der Waals surface area (Å²) in [6.45, 7) is 5.89. The molecule has 2 aromatic carbocycles. The van der Waals surface area contributed by atoms with Gasteiger partial charge in [-0.05, 0) is 50.1 Å². The summed E-state index contributed by atoms with van der Waals surface area (Å²) >= 11 is 0. The summed E-state index contributed by atoms with van der Waals surface area (Å²) in [5.74, 6) is -0.550. The van der Waals surface area contributed by atoms with E-state index in [0.717, 1.165) is 12.1 Å². The first-order valence-electron chi connectivity index (χ1n) is 11.4. The number of nitrogens with zero attached hydrogens (tertiary/aromatic N) is 1. The van der Waals surface area contributed by atoms with Gasteiger partial charge < -0.3 is 20.7 Å². The fourth-order valence-corrected chi connectivity index (χ4v) is 3.88. The average Bonchev–Trinajstić information content (AvgIpc) is 2.81. The van der Waals surface area contributed by atoms with Crippen molar-refractivity contribution >= 4 is 29.4 Å². The molecule has 0 aliphatic carbocycles. The van der Waals surface area contributed by atoms with Gasteiger partial charge in [0.15, 0.2) is 0 Å². The molecule has 192 valence electrons. The Kier molecular flexibility index (Phi) is 8.23. The molecule has 0 bridgehead atoms. The molecule has 1 heterocycles. The van der Waals surface area contributed by atoms with Crippen LogP contribution in [0.4, 0.5) is 34.1 Å². The van der Waals surface area contributed by atoms with E-state index in [1.54, 1.807) is 26.0 Å². The van der Waals surface area contributed by atoms with Gasteiger partial charge in [-0.2, -0.15) is 13.2 Å². The van der Waals surface area contributed by atoms with E-state index in [1.165, 1.54) is 29.2 Å². The molecule has 8 nitrogen and oxygen atoms in total. The van der Waals surface area contributed by atoms with Crippen LogP contribution in [-0.4, -0.2) is 36.1 Å². The zero-order chi connectivity index (χ0) is 26.5. The van der Waals surface area contributed by atoms with Crippen molar-refractivity contribution < 1.29 is 32.3 Å². The summed E-state index contributed by atoms with van der Waals surface area (Å²) in [6, 6.07) is 8.92. The van der Waals surface area contributed by atoms with Crippen LogP contribution in [-0.2, 0) is 15.7 Å². The van der Waals surface area contributed by atoms with Gasteiger partial charge in [0.2, 0.25) is 0 Å². The van der Waals surface area contributed by atoms with Crippen LogP contribution in [0.1, 0.15) is 44.4 Å². The summed E-state index contributed by atoms with van der Waals surface area (Å²) < 4.78 is 44.7. The Morgan fingerprint density at radius 2 is 1.72 bits per heavy atom. The molecule has 36 heavy (non-hydrogen) atoms. The highest BCUT2D eigenvalue weighted by Gasteiger charge is 2.36. The number of halogens is 3. The second-order valence-electron chi connectivity index (χ2n) is 8.00. The Bertz CT molecular complexity index is 1160. The SMILES string of the molecule is CCCN1C(=O)NC(c2ccc(NC(=O)Nc3ccccc3C(F)(F)F)cc2)C(C(=O)OCC)=C1C. The number of hydrogen-bond donors (Lipinski definition) is 3. The van der Waals surface area contributed by atoms with Gasteiger partial charge in [0.1, 0.15) is 0 Å². The molecular formula is C25H27F3N4O4. The van der Waals surface area contributed by atoms with E-state index in [2.05, 4.69) is 16.0 Å². The number of anilines is 2. The average molecular weight is 505 g/mol. The van der Waals surface area contributed by atoms with Crippen LogP contribution in [0.5, 0.6) is 0 Å². The molecule has 11 heteroatoms. The van der Waals surface area contributed by atoms with Gasteiger partial charge in [-0.15, -0.1) is 0 Å². The molecule has 1 atom stereocenters. The number of urea groups is 2. The molecule has 0 saturated heterocycles. The normalized spacial score (nSPS) is 15.9. The van der Waals surface area contributed by atoms with E-state index in [9.17, 15) is 27.6 Å². The first-order chi connectivity index (χ1) is 17.1. The maximum atomic E-state index is 13.2. The maximum absolute atomic E-state index is 13.2. The first kappa shape index (κ1) is 26.6. The van der Waals surface area contributed by atoms with Crippen molar-refractivity contribution in [2.45, 2.75) is 39.4 Å². The third-order valence-corrected chi connectivity index (χ3v) is 5.52. The number of benzene rings is 2. The van der Waals surface area contributed by atoms with E-state index in [4.69, 9.17) is 4.74 Å². The van der Waals surface area contributed by atoms with Crippen molar-refractivity contribution in [3.8, 4) is 0 Å². The predicted octanol–water partition coefficient (Wildman–Crippen LogP) is 5.66. The highest BCUT2D eigenvalue weighted by atomic mass is 19.4. The van der Waals surface area contributed by atoms with E-state index >= 15 is 0 Å². The van der Waals surface area contributed by atoms with Gasteiger partial charge in [0.05, 0.1) is 29.5 Å². The monoisotopic (exact) mass is 504 g/mol. The van der Waals surface area contributed by atoms with Crippen molar-refractivity contribution in [3.05, 3.63) is 70.9 Å². The number of amides is 4. The second-order valence-corrected chi connectivity index (χ2v) is 8.00. The van der Waals surface area contributed by atoms with Crippen LogP contribution >= 0.6 is 0 Å². The molecule has 0 saturated carbocycles. The number of hydrogen-bond acceptors (Lipinski definition) is 4. The highest BCUT2D eigenvalue weighted by molar-refractivity contribution is 6.00. The molecule has 1 unspecified atom stereocenters. The number of carbonyl (C=O) groups is 3. The first-order valence-corrected chi connectivity index (χ1v) is 11.4. The molecule has 3 N–H and O–H groups in total. The third kappa shape index (κ3) is 5.96. The Morgan fingerprint density at radius 1 is 1.06 bits per heavy atom. The van der Waals surface area contributed by atoms with Crippen LogP contribution in [0.25, 0.3) is 0 Å². The molecule has 1 aliphatic heterocycles. The largest absolute Gasteiger partial charge is 0.463 e. The van der Waals surface area contributed by atoms with E-state index in [-0.39, 0.29) is 18.3 Å². The summed E-state index contributed by atoms with van der Waals surface area (Å²) in [7, 11) is 0. The van der Waals surface area contributed by atoms with Crippen molar-refractivity contribution in [1.82, 2.24) is 10.2 Å². The molecule has 4 amide bonds. The topological polar surface area (TPSA) is 99.8 Å². The van der Waals surface area contributed by atoms with E-state index in [1.807, 2.05) is 6.92 Å².